The molecule has 0 radical (unpaired) electrons. The number of piperidine rings is 1. The Kier molecular flexibility index (Phi) is 5.88. The molecular formula is C24H31N3O2. The third kappa shape index (κ3) is 4.16. The first-order valence-electron chi connectivity index (χ1n) is 10.6. The normalized spacial score (nSPS) is 24.3. The number of ether oxygens (including phenoxy) is 1. The maximum absolute atomic E-state index is 12.1. The van der Waals surface area contributed by atoms with Gasteiger partial charge in [-0.15, -0.1) is 0 Å². The fraction of sp³-hybridized carbons (Fsp3) is 0.458. The molecule has 2 aromatic rings. The van der Waals surface area contributed by atoms with E-state index in [0.717, 1.165) is 36.3 Å². The van der Waals surface area contributed by atoms with Crippen molar-refractivity contribution < 1.29 is 9.53 Å². The summed E-state index contributed by atoms with van der Waals surface area (Å²) >= 11 is 0. The van der Waals surface area contributed by atoms with Crippen molar-refractivity contribution in [1.29, 1.82) is 0 Å². The number of anilines is 1. The number of benzene rings is 2. The Morgan fingerprint density at radius 2 is 1.97 bits per heavy atom. The van der Waals surface area contributed by atoms with Gasteiger partial charge in [-0.05, 0) is 49.4 Å². The second-order valence-electron chi connectivity index (χ2n) is 8.27. The van der Waals surface area contributed by atoms with Gasteiger partial charge >= 0.3 is 0 Å². The van der Waals surface area contributed by atoms with Crippen LogP contribution in [-0.4, -0.2) is 32.1 Å². The zero-order valence-electron chi connectivity index (χ0n) is 17.6. The number of nitrogens with zero attached hydrogens (tertiary/aromatic N) is 1. The smallest absolute Gasteiger partial charge is 0.227 e. The number of nitrogens with one attached hydrogen (secondary N) is 2. The number of amides is 1. The minimum absolute atomic E-state index is 0.177. The lowest BCUT2D eigenvalue weighted by Gasteiger charge is -2.37. The van der Waals surface area contributed by atoms with E-state index in [4.69, 9.17) is 4.74 Å². The number of aryl methyl sites for hydroxylation is 1. The lowest BCUT2D eigenvalue weighted by molar-refractivity contribution is -0.118. The van der Waals surface area contributed by atoms with Crippen LogP contribution in [0.2, 0.25) is 0 Å². The van der Waals surface area contributed by atoms with Crippen molar-refractivity contribution in [3.8, 4) is 5.75 Å². The van der Waals surface area contributed by atoms with Crippen LogP contribution in [0.3, 0.4) is 0 Å². The van der Waals surface area contributed by atoms with Gasteiger partial charge in [-0.2, -0.15) is 0 Å². The summed E-state index contributed by atoms with van der Waals surface area (Å²) in [5.74, 6) is 1.07. The Hall–Kier alpha value is -2.37. The molecule has 5 nitrogen and oxygen atoms in total. The molecule has 4 rings (SSSR count). The van der Waals surface area contributed by atoms with Gasteiger partial charge in [-0.25, -0.2) is 0 Å². The zero-order valence-corrected chi connectivity index (χ0v) is 17.6. The quantitative estimate of drug-likeness (QED) is 0.815. The molecule has 1 amide bonds. The minimum Gasteiger partial charge on any atom is -0.496 e. The molecule has 2 aromatic carbocycles. The molecule has 2 heterocycles. The molecule has 0 spiro atoms. The molecule has 2 aliphatic heterocycles. The summed E-state index contributed by atoms with van der Waals surface area (Å²) < 4.78 is 5.68. The Bertz CT molecular complexity index is 868. The summed E-state index contributed by atoms with van der Waals surface area (Å²) in [6.45, 7) is 2.97. The van der Waals surface area contributed by atoms with Crippen LogP contribution in [0.15, 0.2) is 42.5 Å². The van der Waals surface area contributed by atoms with E-state index >= 15 is 0 Å². The van der Waals surface area contributed by atoms with Crippen LogP contribution in [0.5, 0.6) is 5.75 Å². The molecule has 2 N–H and O–H groups in total. The summed E-state index contributed by atoms with van der Waals surface area (Å²) in [6.07, 6.45) is 3.62. The number of hydrogen-bond donors (Lipinski definition) is 2. The number of fused-ring (bicyclic) bond motifs is 1. The molecule has 0 saturated carbocycles. The SMILES string of the molecule is COc1cc2c(cc1CN[C@H]1CC[C@H](C)N[C@H]1c1ccccc1)N(C)C(=O)CC2. The predicted molar refractivity (Wildman–Crippen MR) is 116 cm³/mol. The van der Waals surface area contributed by atoms with Crippen LogP contribution in [0.25, 0.3) is 0 Å². The second-order valence-corrected chi connectivity index (χ2v) is 8.27. The molecule has 3 atom stereocenters. The number of methoxy groups -OCH3 is 1. The highest BCUT2D eigenvalue weighted by atomic mass is 16.5. The van der Waals surface area contributed by atoms with E-state index in [9.17, 15) is 4.79 Å². The molecule has 0 aliphatic carbocycles. The van der Waals surface area contributed by atoms with Gasteiger partial charge < -0.3 is 20.3 Å². The molecule has 0 aromatic heterocycles. The van der Waals surface area contributed by atoms with E-state index in [1.807, 2.05) is 7.05 Å². The molecule has 154 valence electrons. The Balaban J connectivity index is 1.55. The number of rotatable bonds is 5. The van der Waals surface area contributed by atoms with Gasteiger partial charge in [0, 0.05) is 49.4 Å². The van der Waals surface area contributed by atoms with Gasteiger partial charge in [-0.3, -0.25) is 4.79 Å². The summed E-state index contributed by atoms with van der Waals surface area (Å²) in [6, 6.07) is 16.0. The van der Waals surface area contributed by atoms with Crippen molar-refractivity contribution in [3.63, 3.8) is 0 Å². The fourth-order valence-electron chi connectivity index (χ4n) is 4.59. The number of carbonyl (C=O) groups is 1. The lowest BCUT2D eigenvalue weighted by Crippen LogP contribution is -2.49. The highest BCUT2D eigenvalue weighted by Crippen LogP contribution is 2.34. The van der Waals surface area contributed by atoms with E-state index in [1.165, 1.54) is 11.1 Å². The van der Waals surface area contributed by atoms with E-state index in [1.54, 1.807) is 12.0 Å². The maximum Gasteiger partial charge on any atom is 0.227 e. The van der Waals surface area contributed by atoms with Crippen molar-refractivity contribution >= 4 is 11.6 Å². The Morgan fingerprint density at radius 3 is 2.72 bits per heavy atom. The monoisotopic (exact) mass is 393 g/mol. The third-order valence-electron chi connectivity index (χ3n) is 6.32. The van der Waals surface area contributed by atoms with Crippen molar-refractivity contribution in [2.75, 3.05) is 19.1 Å². The van der Waals surface area contributed by atoms with Crippen LogP contribution < -0.4 is 20.3 Å². The maximum atomic E-state index is 12.1. The first-order valence-corrected chi connectivity index (χ1v) is 10.6. The summed E-state index contributed by atoms with van der Waals surface area (Å²) in [5, 5.41) is 7.53. The molecule has 1 saturated heterocycles. The van der Waals surface area contributed by atoms with Crippen molar-refractivity contribution in [2.24, 2.45) is 0 Å². The molecule has 0 bridgehead atoms. The molecule has 5 heteroatoms. The van der Waals surface area contributed by atoms with Gasteiger partial charge in [0.25, 0.3) is 0 Å². The fourth-order valence-corrected chi connectivity index (χ4v) is 4.59. The van der Waals surface area contributed by atoms with Gasteiger partial charge in [0.2, 0.25) is 5.91 Å². The van der Waals surface area contributed by atoms with E-state index in [-0.39, 0.29) is 11.9 Å². The van der Waals surface area contributed by atoms with E-state index in [2.05, 4.69) is 60.0 Å². The number of carbonyl (C=O) groups excluding carboxylic acids is 1. The highest BCUT2D eigenvalue weighted by molar-refractivity contribution is 5.96. The topological polar surface area (TPSA) is 53.6 Å². The van der Waals surface area contributed by atoms with Crippen LogP contribution in [0.4, 0.5) is 5.69 Å². The summed E-state index contributed by atoms with van der Waals surface area (Å²) in [7, 11) is 3.58. The van der Waals surface area contributed by atoms with Crippen LogP contribution in [-0.2, 0) is 17.8 Å². The van der Waals surface area contributed by atoms with Gasteiger partial charge in [-0.1, -0.05) is 30.3 Å². The summed E-state index contributed by atoms with van der Waals surface area (Å²) in [4.78, 5) is 13.9. The Morgan fingerprint density at radius 1 is 1.17 bits per heavy atom. The first kappa shape index (κ1) is 19.9. The van der Waals surface area contributed by atoms with Gasteiger partial charge in [0.1, 0.15) is 5.75 Å². The van der Waals surface area contributed by atoms with Crippen LogP contribution in [0.1, 0.15) is 48.9 Å². The standard InChI is InChI=1S/C24H31N3O2/c1-16-9-11-20(24(26-16)17-7-5-4-6-8-17)25-15-19-13-21-18(14-22(19)29-3)10-12-23(28)27(21)2/h4-8,13-14,16,20,24-26H,9-12,15H2,1-3H3/t16-,20-,24-/m0/s1. The highest BCUT2D eigenvalue weighted by Gasteiger charge is 2.29. The van der Waals surface area contributed by atoms with Gasteiger partial charge in [0.05, 0.1) is 7.11 Å². The van der Waals surface area contributed by atoms with Crippen LogP contribution >= 0.6 is 0 Å². The molecular weight excluding hydrogens is 362 g/mol. The molecule has 2 aliphatic rings. The molecule has 29 heavy (non-hydrogen) atoms. The lowest BCUT2D eigenvalue weighted by atomic mass is 9.89. The van der Waals surface area contributed by atoms with Crippen LogP contribution in [0, 0.1) is 0 Å². The third-order valence-corrected chi connectivity index (χ3v) is 6.32. The zero-order chi connectivity index (χ0) is 20.4. The molecule has 1 fully saturated rings. The van der Waals surface area contributed by atoms with Crippen molar-refractivity contribution in [2.45, 2.75) is 57.3 Å². The molecule has 0 unspecified atom stereocenters. The first-order chi connectivity index (χ1) is 14.1. The van der Waals surface area contributed by atoms with Crippen molar-refractivity contribution in [3.05, 3.63) is 59.2 Å². The second kappa shape index (κ2) is 8.56. The average molecular weight is 394 g/mol. The summed E-state index contributed by atoms with van der Waals surface area (Å²) in [5.41, 5.74) is 4.61. The average Bonchev–Trinajstić information content (AvgIpc) is 2.75. The number of hydrogen-bond acceptors (Lipinski definition) is 4. The van der Waals surface area contributed by atoms with Crippen molar-refractivity contribution in [1.82, 2.24) is 10.6 Å². The van der Waals surface area contributed by atoms with Gasteiger partial charge in [0.15, 0.2) is 0 Å². The predicted octanol–water partition coefficient (Wildman–Crippen LogP) is 3.58. The Labute approximate surface area is 173 Å². The minimum atomic E-state index is 0.177. The largest absolute Gasteiger partial charge is 0.496 e. The van der Waals surface area contributed by atoms with E-state index in [0.29, 0.717) is 25.0 Å². The van der Waals surface area contributed by atoms with E-state index < -0.39 is 0 Å².